The van der Waals surface area contributed by atoms with Gasteiger partial charge in [0.25, 0.3) is 0 Å². The monoisotopic (exact) mass is 417 g/mol. The number of anilines is 1. The number of fused-ring (bicyclic) bond motifs is 1. The van der Waals surface area contributed by atoms with Gasteiger partial charge in [0.05, 0.1) is 13.6 Å². The molecule has 0 saturated heterocycles. The van der Waals surface area contributed by atoms with E-state index in [9.17, 15) is 0 Å². The molecule has 0 aromatic carbocycles. The molecule has 1 aliphatic carbocycles. The van der Waals surface area contributed by atoms with Gasteiger partial charge in [-0.2, -0.15) is 4.98 Å². The van der Waals surface area contributed by atoms with E-state index in [-0.39, 0.29) is 12.4 Å². The largest absolute Gasteiger partial charge is 1.00 e. The van der Waals surface area contributed by atoms with Crippen molar-refractivity contribution in [2.45, 2.75) is 78.2 Å². The molecule has 0 radical (unpaired) electrons. The number of nitrogens with two attached hydrogens (primary N) is 1. The molecule has 29 heavy (non-hydrogen) atoms. The Kier molecular flexibility index (Phi) is 9.15. The van der Waals surface area contributed by atoms with Gasteiger partial charge in [-0.3, -0.25) is 4.57 Å². The van der Waals surface area contributed by atoms with E-state index in [1.165, 1.54) is 56.8 Å². The lowest BCUT2D eigenvalue weighted by molar-refractivity contribution is -0.647. The normalized spacial score (nSPS) is 16.2. The zero-order chi connectivity index (χ0) is 19.9. The molecule has 2 heterocycles. The molecule has 2 aromatic rings. The summed E-state index contributed by atoms with van der Waals surface area (Å²) >= 11 is 0. The molecule has 6 heteroatoms. The molecule has 0 aliphatic heterocycles. The predicted octanol–water partition coefficient (Wildman–Crippen LogP) is 1.88. The van der Waals surface area contributed by atoms with Gasteiger partial charge in [-0.05, 0) is 45.4 Å². The van der Waals surface area contributed by atoms with Crippen LogP contribution in [0.25, 0.3) is 11.2 Å². The average Bonchev–Trinajstić information content (AvgIpc) is 3.03. The van der Waals surface area contributed by atoms with E-state index in [0.29, 0.717) is 5.82 Å². The minimum atomic E-state index is 0. The Balaban J connectivity index is 0.00000300. The Labute approximate surface area is 181 Å². The van der Waals surface area contributed by atoms with Gasteiger partial charge in [-0.15, -0.1) is 0 Å². The number of nitrogens with zero attached hydrogens (tertiary/aromatic N) is 4. The molecule has 0 spiro atoms. The van der Waals surface area contributed by atoms with Crippen molar-refractivity contribution < 1.29 is 17.0 Å². The molecule has 1 aliphatic rings. The first-order chi connectivity index (χ1) is 13.5. The lowest BCUT2D eigenvalue weighted by Gasteiger charge is -2.21. The van der Waals surface area contributed by atoms with E-state index in [1.54, 1.807) is 5.57 Å². The molecule has 5 nitrogen and oxygen atoms in total. The van der Waals surface area contributed by atoms with Crippen molar-refractivity contribution >= 4 is 17.0 Å². The van der Waals surface area contributed by atoms with Crippen LogP contribution in [0.4, 0.5) is 5.82 Å². The Morgan fingerprint density at radius 2 is 1.86 bits per heavy atom. The fraction of sp³-hybridized carbons (Fsp3) is 0.609. The van der Waals surface area contributed by atoms with E-state index < -0.39 is 0 Å². The number of aryl methyl sites for hydroxylation is 1. The van der Waals surface area contributed by atoms with Crippen LogP contribution < -0.4 is 22.7 Å². The van der Waals surface area contributed by atoms with Crippen molar-refractivity contribution in [2.75, 3.05) is 5.73 Å². The smallest absolute Gasteiger partial charge is 0.307 e. The van der Waals surface area contributed by atoms with Gasteiger partial charge in [0.15, 0.2) is 18.5 Å². The van der Waals surface area contributed by atoms with Crippen molar-refractivity contribution in [2.24, 2.45) is 13.0 Å². The number of rotatable bonds is 8. The zero-order valence-corrected chi connectivity index (χ0v) is 19.0. The highest BCUT2D eigenvalue weighted by molar-refractivity contribution is 5.79. The van der Waals surface area contributed by atoms with Gasteiger partial charge in [0, 0.05) is 0 Å². The maximum atomic E-state index is 6.06. The van der Waals surface area contributed by atoms with Crippen LogP contribution in [0.1, 0.15) is 71.6 Å². The molecule has 0 atom stereocenters. The summed E-state index contributed by atoms with van der Waals surface area (Å²) in [6, 6.07) is 0. The summed E-state index contributed by atoms with van der Waals surface area (Å²) in [6.45, 7) is 5.32. The van der Waals surface area contributed by atoms with Crippen LogP contribution in [0.3, 0.4) is 0 Å². The molecule has 0 bridgehead atoms. The fourth-order valence-corrected chi connectivity index (χ4v) is 4.29. The summed E-state index contributed by atoms with van der Waals surface area (Å²) in [4.78, 5) is 8.46. The molecular formula is C23H36ClN5. The van der Waals surface area contributed by atoms with Crippen molar-refractivity contribution in [3.05, 3.63) is 36.0 Å². The molecule has 2 aromatic heterocycles. The maximum absolute atomic E-state index is 6.06. The second-order valence-electron chi connectivity index (χ2n) is 8.49. The minimum Gasteiger partial charge on any atom is -1.00 e. The van der Waals surface area contributed by atoms with E-state index >= 15 is 0 Å². The highest BCUT2D eigenvalue weighted by Crippen LogP contribution is 2.28. The zero-order valence-electron chi connectivity index (χ0n) is 18.2. The van der Waals surface area contributed by atoms with E-state index in [0.717, 1.165) is 36.5 Å². The van der Waals surface area contributed by atoms with Crippen LogP contribution in [0.2, 0.25) is 0 Å². The second-order valence-corrected chi connectivity index (χ2v) is 8.49. The number of hydrogen-bond acceptors (Lipinski definition) is 3. The van der Waals surface area contributed by atoms with Gasteiger partial charge < -0.3 is 18.1 Å². The van der Waals surface area contributed by atoms with Crippen LogP contribution in [0.15, 0.2) is 36.0 Å². The lowest BCUT2D eigenvalue weighted by Crippen LogP contribution is -3.00. The summed E-state index contributed by atoms with van der Waals surface area (Å²) < 4.78 is 4.12. The third-order valence-electron chi connectivity index (χ3n) is 6.10. The Hall–Kier alpha value is -1.88. The Morgan fingerprint density at radius 1 is 1.14 bits per heavy atom. The van der Waals surface area contributed by atoms with Crippen LogP contribution >= 0.6 is 0 Å². The van der Waals surface area contributed by atoms with Crippen LogP contribution in [-0.4, -0.2) is 14.5 Å². The molecule has 1 fully saturated rings. The fourth-order valence-electron chi connectivity index (χ4n) is 4.29. The van der Waals surface area contributed by atoms with Crippen LogP contribution in [0, 0.1) is 5.92 Å². The minimum absolute atomic E-state index is 0. The third kappa shape index (κ3) is 6.56. The summed E-state index contributed by atoms with van der Waals surface area (Å²) in [5, 5.41) is 0. The van der Waals surface area contributed by atoms with Crippen LogP contribution in [0.5, 0.6) is 0 Å². The number of nitrogen functional groups attached to an aromatic ring is 1. The van der Waals surface area contributed by atoms with E-state index in [2.05, 4.69) is 40.5 Å². The molecule has 2 N–H and O–H groups in total. The summed E-state index contributed by atoms with van der Waals surface area (Å²) in [5.41, 5.74) is 10.8. The summed E-state index contributed by atoms with van der Waals surface area (Å²) in [5.74, 6) is 1.51. The highest BCUT2D eigenvalue weighted by Gasteiger charge is 2.17. The number of halogens is 1. The van der Waals surface area contributed by atoms with Crippen molar-refractivity contribution in [1.82, 2.24) is 14.5 Å². The maximum Gasteiger partial charge on any atom is 0.307 e. The van der Waals surface area contributed by atoms with Gasteiger partial charge in [-0.1, -0.05) is 60.4 Å². The van der Waals surface area contributed by atoms with Gasteiger partial charge in [0.1, 0.15) is 0 Å². The molecular weight excluding hydrogens is 382 g/mol. The molecule has 3 rings (SSSR count). The quantitative estimate of drug-likeness (QED) is 0.527. The number of hydrogen-bond donors (Lipinski definition) is 1. The Bertz CT molecular complexity index is 846. The average molecular weight is 418 g/mol. The Morgan fingerprint density at radius 3 is 2.62 bits per heavy atom. The SMILES string of the molecule is C/C(=C\Cn1c[n+](C)c2ncnc(N)c21)CC/C=C(\C)CCC1CCCCC1.[Cl-]. The van der Waals surface area contributed by atoms with Gasteiger partial charge in [0.2, 0.25) is 5.52 Å². The second kappa shape index (κ2) is 11.3. The standard InChI is InChI=1S/C23H36N5.ClH/c1-18(12-13-20-10-5-4-6-11-20)8-7-9-19(2)14-15-28-17-27(3)23-21(28)22(24)25-16-26-23;/h8,14,16-17,20H,4-7,9-13,15H2,1-3H3,(H2,24,25,26);1H/q+1;/p-1/b18-8+,19-14+;. The first kappa shape index (κ1) is 23.4. The third-order valence-corrected chi connectivity index (χ3v) is 6.10. The highest BCUT2D eigenvalue weighted by atomic mass is 35.5. The summed E-state index contributed by atoms with van der Waals surface area (Å²) in [7, 11) is 1.99. The first-order valence-corrected chi connectivity index (χ1v) is 10.8. The predicted molar refractivity (Wildman–Crippen MR) is 116 cm³/mol. The molecule has 160 valence electrons. The van der Waals surface area contributed by atoms with Crippen molar-refractivity contribution in [3.8, 4) is 0 Å². The lowest BCUT2D eigenvalue weighted by atomic mass is 9.85. The summed E-state index contributed by atoms with van der Waals surface area (Å²) in [6.07, 6.45) is 20.4. The van der Waals surface area contributed by atoms with Crippen molar-refractivity contribution in [3.63, 3.8) is 0 Å². The van der Waals surface area contributed by atoms with E-state index in [1.807, 2.05) is 17.9 Å². The molecule has 0 unspecified atom stereocenters. The molecule has 0 amide bonds. The van der Waals surface area contributed by atoms with Crippen molar-refractivity contribution in [1.29, 1.82) is 0 Å². The molecule has 1 saturated carbocycles. The number of aromatic nitrogens is 4. The number of imidazole rings is 1. The van der Waals surface area contributed by atoms with E-state index in [4.69, 9.17) is 5.73 Å². The van der Waals surface area contributed by atoms with Gasteiger partial charge >= 0.3 is 5.65 Å². The number of allylic oxidation sites excluding steroid dienone is 4. The topological polar surface area (TPSA) is 60.6 Å². The first-order valence-electron chi connectivity index (χ1n) is 10.8. The van der Waals surface area contributed by atoms with Gasteiger partial charge in [-0.25, -0.2) is 4.57 Å². The van der Waals surface area contributed by atoms with Crippen LogP contribution in [-0.2, 0) is 13.6 Å².